The van der Waals surface area contributed by atoms with Gasteiger partial charge < -0.3 is 10.6 Å². The van der Waals surface area contributed by atoms with Gasteiger partial charge in [-0.1, -0.05) is 0 Å². The summed E-state index contributed by atoms with van der Waals surface area (Å²) in [6.07, 6.45) is 1.14. The van der Waals surface area contributed by atoms with Gasteiger partial charge in [-0.2, -0.15) is 4.98 Å². The van der Waals surface area contributed by atoms with Crippen LogP contribution in [0.15, 0.2) is 11.4 Å². The normalized spacial score (nSPS) is 11.7. The van der Waals surface area contributed by atoms with E-state index < -0.39 is 10.0 Å². The summed E-state index contributed by atoms with van der Waals surface area (Å²) in [7, 11) is -3.16. The molecule has 2 aromatic heterocycles. The molecule has 0 spiro atoms. The second kappa shape index (κ2) is 6.33. The smallest absolute Gasteiger partial charge is 0.226 e. The van der Waals surface area contributed by atoms with Crippen LogP contribution in [0.25, 0.3) is 10.2 Å². The van der Waals surface area contributed by atoms with Crippen LogP contribution in [0.2, 0.25) is 0 Å². The third-order valence-electron chi connectivity index (χ3n) is 2.44. The van der Waals surface area contributed by atoms with Crippen molar-refractivity contribution in [2.75, 3.05) is 36.5 Å². The van der Waals surface area contributed by atoms with Crippen LogP contribution in [-0.4, -0.2) is 44.3 Å². The second-order valence-electron chi connectivity index (χ2n) is 4.16. The number of hydrogen-bond acceptors (Lipinski definition) is 7. The fourth-order valence-corrected chi connectivity index (χ4v) is 2.88. The molecular formula is C11H17N5O2S2. The SMILES string of the molecule is CCNc1nc(NCCNS(C)(=O)=O)c2ccsc2n1. The van der Waals surface area contributed by atoms with Crippen LogP contribution in [0, 0.1) is 0 Å². The standard InChI is InChI=1S/C11H17N5O2S2/c1-3-12-11-15-9(8-4-7-19-10(8)16-11)13-5-6-14-20(2,17)18/h4,7,14H,3,5-6H2,1-2H3,(H2,12,13,15,16). The van der Waals surface area contributed by atoms with Crippen LogP contribution in [0.3, 0.4) is 0 Å². The van der Waals surface area contributed by atoms with Gasteiger partial charge in [0.1, 0.15) is 10.6 Å². The van der Waals surface area contributed by atoms with E-state index in [0.29, 0.717) is 24.9 Å². The molecule has 0 unspecified atom stereocenters. The molecule has 110 valence electrons. The Labute approximate surface area is 121 Å². The van der Waals surface area contributed by atoms with E-state index in [4.69, 9.17) is 0 Å². The van der Waals surface area contributed by atoms with E-state index in [-0.39, 0.29) is 0 Å². The summed E-state index contributed by atoms with van der Waals surface area (Å²) in [5.74, 6) is 1.28. The lowest BCUT2D eigenvalue weighted by molar-refractivity contribution is 0.589. The molecule has 0 amide bonds. The summed E-state index contributed by atoms with van der Waals surface area (Å²) in [6.45, 7) is 3.49. The topological polar surface area (TPSA) is 96.0 Å². The maximum absolute atomic E-state index is 11.0. The van der Waals surface area contributed by atoms with E-state index in [2.05, 4.69) is 25.3 Å². The van der Waals surface area contributed by atoms with Crippen molar-refractivity contribution in [3.8, 4) is 0 Å². The lowest BCUT2D eigenvalue weighted by atomic mass is 10.4. The quantitative estimate of drug-likeness (QED) is 0.662. The molecule has 0 aliphatic rings. The summed E-state index contributed by atoms with van der Waals surface area (Å²) in [5.41, 5.74) is 0. The van der Waals surface area contributed by atoms with Crippen LogP contribution in [0.4, 0.5) is 11.8 Å². The van der Waals surface area contributed by atoms with Crippen molar-refractivity contribution in [3.05, 3.63) is 11.4 Å². The van der Waals surface area contributed by atoms with Gasteiger partial charge in [0.2, 0.25) is 16.0 Å². The minimum atomic E-state index is -3.16. The van der Waals surface area contributed by atoms with Crippen LogP contribution in [0.1, 0.15) is 6.92 Å². The molecule has 9 heteroatoms. The molecule has 0 saturated heterocycles. The highest BCUT2D eigenvalue weighted by Gasteiger charge is 2.08. The zero-order valence-corrected chi connectivity index (χ0v) is 12.9. The Balaban J connectivity index is 2.09. The van der Waals surface area contributed by atoms with Crippen LogP contribution >= 0.6 is 11.3 Å². The molecule has 0 bridgehead atoms. The second-order valence-corrected chi connectivity index (χ2v) is 6.89. The first-order valence-corrected chi connectivity index (χ1v) is 8.94. The first-order chi connectivity index (χ1) is 9.49. The van der Waals surface area contributed by atoms with Crippen LogP contribution < -0.4 is 15.4 Å². The minimum absolute atomic E-state index is 0.311. The van der Waals surface area contributed by atoms with E-state index in [1.807, 2.05) is 18.4 Å². The van der Waals surface area contributed by atoms with Gasteiger partial charge in [-0.3, -0.25) is 0 Å². The van der Waals surface area contributed by atoms with E-state index in [1.165, 1.54) is 0 Å². The molecule has 7 nitrogen and oxygen atoms in total. The zero-order valence-electron chi connectivity index (χ0n) is 11.3. The molecule has 20 heavy (non-hydrogen) atoms. The number of nitrogens with one attached hydrogen (secondary N) is 3. The van der Waals surface area contributed by atoms with Gasteiger partial charge in [0.15, 0.2) is 0 Å². The molecule has 0 atom stereocenters. The van der Waals surface area contributed by atoms with Gasteiger partial charge in [0.25, 0.3) is 0 Å². The fraction of sp³-hybridized carbons (Fsp3) is 0.455. The zero-order chi connectivity index (χ0) is 14.6. The molecule has 2 aromatic rings. The van der Waals surface area contributed by atoms with Crippen molar-refractivity contribution in [1.82, 2.24) is 14.7 Å². The Morgan fingerprint density at radius 3 is 2.75 bits per heavy atom. The highest BCUT2D eigenvalue weighted by Crippen LogP contribution is 2.26. The van der Waals surface area contributed by atoms with E-state index in [1.54, 1.807) is 11.3 Å². The number of sulfonamides is 1. The number of aromatic nitrogens is 2. The number of anilines is 2. The van der Waals surface area contributed by atoms with Crippen molar-refractivity contribution < 1.29 is 8.42 Å². The lowest BCUT2D eigenvalue weighted by Gasteiger charge is -2.09. The molecule has 2 rings (SSSR count). The number of thiophene rings is 1. The molecular weight excluding hydrogens is 298 g/mol. The van der Waals surface area contributed by atoms with Gasteiger partial charge >= 0.3 is 0 Å². The average molecular weight is 315 g/mol. The van der Waals surface area contributed by atoms with Crippen molar-refractivity contribution in [2.45, 2.75) is 6.92 Å². The summed E-state index contributed by atoms with van der Waals surface area (Å²) in [5, 5.41) is 9.11. The molecule has 0 fully saturated rings. The van der Waals surface area contributed by atoms with Gasteiger partial charge in [-0.15, -0.1) is 11.3 Å². The maximum Gasteiger partial charge on any atom is 0.226 e. The van der Waals surface area contributed by atoms with Gasteiger partial charge in [-0.05, 0) is 18.4 Å². The molecule has 3 N–H and O–H groups in total. The molecule has 0 radical (unpaired) electrons. The van der Waals surface area contributed by atoms with Gasteiger partial charge in [0, 0.05) is 19.6 Å². The average Bonchev–Trinajstić information content (AvgIpc) is 2.82. The summed E-state index contributed by atoms with van der Waals surface area (Å²) in [6, 6.07) is 1.95. The highest BCUT2D eigenvalue weighted by atomic mass is 32.2. The summed E-state index contributed by atoms with van der Waals surface area (Å²) < 4.78 is 24.4. The van der Waals surface area contributed by atoms with Crippen molar-refractivity contribution in [3.63, 3.8) is 0 Å². The van der Waals surface area contributed by atoms with Crippen molar-refractivity contribution >= 4 is 43.3 Å². The largest absolute Gasteiger partial charge is 0.368 e. The third kappa shape index (κ3) is 4.02. The predicted molar refractivity (Wildman–Crippen MR) is 82.9 cm³/mol. The number of nitrogens with zero attached hydrogens (tertiary/aromatic N) is 2. The van der Waals surface area contributed by atoms with E-state index in [0.717, 1.165) is 23.0 Å². The molecule has 0 saturated carbocycles. The Kier molecular flexibility index (Phi) is 4.73. The minimum Gasteiger partial charge on any atom is -0.368 e. The van der Waals surface area contributed by atoms with Gasteiger partial charge in [-0.25, -0.2) is 18.1 Å². The Bertz CT molecular complexity index is 683. The van der Waals surface area contributed by atoms with Crippen molar-refractivity contribution in [1.29, 1.82) is 0 Å². The third-order valence-corrected chi connectivity index (χ3v) is 3.98. The Morgan fingerprint density at radius 2 is 2.05 bits per heavy atom. The molecule has 0 aliphatic carbocycles. The molecule has 2 heterocycles. The predicted octanol–water partition coefficient (Wildman–Crippen LogP) is 1.08. The summed E-state index contributed by atoms with van der Waals surface area (Å²) in [4.78, 5) is 9.69. The molecule has 0 aliphatic heterocycles. The number of hydrogen-bond donors (Lipinski definition) is 3. The van der Waals surface area contributed by atoms with Crippen LogP contribution in [0.5, 0.6) is 0 Å². The van der Waals surface area contributed by atoms with Gasteiger partial charge in [0.05, 0.1) is 11.6 Å². The molecule has 0 aromatic carbocycles. The number of rotatable bonds is 7. The highest BCUT2D eigenvalue weighted by molar-refractivity contribution is 7.88. The Hall–Kier alpha value is -1.45. The summed E-state index contributed by atoms with van der Waals surface area (Å²) >= 11 is 1.54. The lowest BCUT2D eigenvalue weighted by Crippen LogP contribution is -2.27. The Morgan fingerprint density at radius 1 is 1.25 bits per heavy atom. The first kappa shape index (κ1) is 14.9. The first-order valence-electron chi connectivity index (χ1n) is 6.17. The fourth-order valence-electron chi connectivity index (χ4n) is 1.64. The maximum atomic E-state index is 11.0. The number of fused-ring (bicyclic) bond motifs is 1. The monoisotopic (exact) mass is 315 g/mol. The van der Waals surface area contributed by atoms with Crippen molar-refractivity contribution in [2.24, 2.45) is 0 Å². The van der Waals surface area contributed by atoms with Crippen LogP contribution in [-0.2, 0) is 10.0 Å². The van der Waals surface area contributed by atoms with E-state index >= 15 is 0 Å². The van der Waals surface area contributed by atoms with E-state index in [9.17, 15) is 8.42 Å².